The summed E-state index contributed by atoms with van der Waals surface area (Å²) in [5, 5.41) is 12.6. The minimum atomic E-state index is -0.657. The minimum Gasteiger partial charge on any atom is -0.390 e. The number of aliphatic hydroxyl groups is 1. The molecule has 0 fully saturated rings. The molecule has 2 rings (SSSR count). The second-order valence-corrected chi connectivity index (χ2v) is 5.80. The van der Waals surface area contributed by atoms with Crippen LogP contribution in [0, 0.1) is 0 Å². The number of carbonyl (C=O) groups is 1. The number of anilines is 1. The van der Waals surface area contributed by atoms with Crippen LogP contribution in [0.2, 0.25) is 0 Å². The van der Waals surface area contributed by atoms with E-state index in [-0.39, 0.29) is 11.7 Å². The Labute approximate surface area is 137 Å². The van der Waals surface area contributed by atoms with Crippen molar-refractivity contribution < 1.29 is 9.90 Å². The summed E-state index contributed by atoms with van der Waals surface area (Å²) in [4.78, 5) is 12.6. The molecule has 0 saturated heterocycles. The van der Waals surface area contributed by atoms with Gasteiger partial charge in [-0.2, -0.15) is 0 Å². The Morgan fingerprint density at radius 2 is 1.95 bits per heavy atom. The van der Waals surface area contributed by atoms with Crippen molar-refractivity contribution in [3.63, 3.8) is 0 Å². The summed E-state index contributed by atoms with van der Waals surface area (Å²) in [6.45, 7) is 0.292. The maximum absolute atomic E-state index is 12.6. The maximum Gasteiger partial charge on any atom is 0.195 e. The van der Waals surface area contributed by atoms with Crippen molar-refractivity contribution >= 4 is 39.0 Å². The summed E-state index contributed by atoms with van der Waals surface area (Å²) < 4.78 is 0.824. The normalized spacial score (nSPS) is 12.0. The molecule has 0 amide bonds. The first kappa shape index (κ1) is 16.0. The maximum atomic E-state index is 12.6. The summed E-state index contributed by atoms with van der Waals surface area (Å²) in [5.41, 5.74) is 1.85. The van der Waals surface area contributed by atoms with Crippen LogP contribution in [-0.4, -0.2) is 29.4 Å². The molecule has 0 aliphatic carbocycles. The van der Waals surface area contributed by atoms with Gasteiger partial charge in [0.25, 0.3) is 0 Å². The van der Waals surface area contributed by atoms with E-state index < -0.39 is 6.10 Å². The summed E-state index contributed by atoms with van der Waals surface area (Å²) in [7, 11) is 0. The zero-order chi connectivity index (χ0) is 15.2. The lowest BCUT2D eigenvalue weighted by atomic mass is 10.0. The molecule has 5 heteroatoms. The second-order valence-electron chi connectivity index (χ2n) is 4.57. The van der Waals surface area contributed by atoms with E-state index in [2.05, 4.69) is 21.2 Å². The van der Waals surface area contributed by atoms with E-state index in [1.807, 2.05) is 24.3 Å². The fourth-order valence-corrected chi connectivity index (χ4v) is 2.36. The lowest BCUT2D eigenvalue weighted by Gasteiger charge is -2.14. The first-order valence-corrected chi connectivity index (χ1v) is 7.81. The predicted octanol–water partition coefficient (Wildman–Crippen LogP) is 3.69. The quantitative estimate of drug-likeness (QED) is 0.604. The van der Waals surface area contributed by atoms with Gasteiger partial charge in [0.1, 0.15) is 0 Å². The minimum absolute atomic E-state index is 0.0697. The highest BCUT2D eigenvalue weighted by molar-refractivity contribution is 9.10. The number of hydrogen-bond acceptors (Lipinski definition) is 3. The first-order valence-electron chi connectivity index (χ1n) is 6.49. The molecular formula is C16H15BrClNO2. The van der Waals surface area contributed by atoms with E-state index in [0.717, 1.165) is 4.47 Å². The molecule has 2 N–H and O–H groups in total. The van der Waals surface area contributed by atoms with Crippen molar-refractivity contribution in [1.82, 2.24) is 0 Å². The van der Waals surface area contributed by atoms with Crippen LogP contribution in [0.3, 0.4) is 0 Å². The van der Waals surface area contributed by atoms with Crippen molar-refractivity contribution in [3.8, 4) is 0 Å². The highest BCUT2D eigenvalue weighted by Gasteiger charge is 2.14. The van der Waals surface area contributed by atoms with Crippen LogP contribution < -0.4 is 5.32 Å². The lowest BCUT2D eigenvalue weighted by Crippen LogP contribution is -2.22. The van der Waals surface area contributed by atoms with Gasteiger partial charge >= 0.3 is 0 Å². The van der Waals surface area contributed by atoms with Crippen LogP contribution in [0.25, 0.3) is 0 Å². The standard InChI is InChI=1S/C16H15BrClNO2/c17-12-6-7-15(19-10-13(20)9-18)14(8-12)16(21)11-4-2-1-3-5-11/h1-8,13,19-20H,9-10H2. The van der Waals surface area contributed by atoms with E-state index in [1.165, 1.54) is 0 Å². The summed E-state index contributed by atoms with van der Waals surface area (Å²) in [6, 6.07) is 14.5. The van der Waals surface area contributed by atoms with Gasteiger partial charge in [-0.1, -0.05) is 46.3 Å². The summed E-state index contributed by atoms with van der Waals surface area (Å²) in [6.07, 6.45) is -0.657. The van der Waals surface area contributed by atoms with Crippen molar-refractivity contribution in [2.75, 3.05) is 17.7 Å². The van der Waals surface area contributed by atoms with Gasteiger partial charge < -0.3 is 10.4 Å². The number of alkyl halides is 1. The van der Waals surface area contributed by atoms with Crippen LogP contribution in [0.1, 0.15) is 15.9 Å². The Bertz CT molecular complexity index is 619. The lowest BCUT2D eigenvalue weighted by molar-refractivity contribution is 0.103. The molecule has 0 spiro atoms. The van der Waals surface area contributed by atoms with Gasteiger partial charge in [-0.3, -0.25) is 4.79 Å². The van der Waals surface area contributed by atoms with Gasteiger partial charge in [-0.25, -0.2) is 0 Å². The monoisotopic (exact) mass is 367 g/mol. The fraction of sp³-hybridized carbons (Fsp3) is 0.188. The second kappa shape index (κ2) is 7.59. The van der Waals surface area contributed by atoms with E-state index in [1.54, 1.807) is 24.3 Å². The third kappa shape index (κ3) is 4.30. The zero-order valence-corrected chi connectivity index (χ0v) is 13.6. The molecule has 2 aromatic rings. The van der Waals surface area contributed by atoms with Gasteiger partial charge in [0, 0.05) is 27.8 Å². The molecule has 0 heterocycles. The molecule has 110 valence electrons. The van der Waals surface area contributed by atoms with Crippen molar-refractivity contribution in [3.05, 3.63) is 64.1 Å². The van der Waals surface area contributed by atoms with E-state index in [9.17, 15) is 9.90 Å². The van der Waals surface area contributed by atoms with Crippen molar-refractivity contribution in [2.24, 2.45) is 0 Å². The van der Waals surface area contributed by atoms with Gasteiger partial charge in [0.2, 0.25) is 0 Å². The highest BCUT2D eigenvalue weighted by atomic mass is 79.9. The number of rotatable bonds is 6. The Balaban J connectivity index is 2.29. The molecule has 3 nitrogen and oxygen atoms in total. The highest BCUT2D eigenvalue weighted by Crippen LogP contribution is 2.24. The smallest absolute Gasteiger partial charge is 0.195 e. The molecule has 1 atom stereocenters. The third-order valence-electron chi connectivity index (χ3n) is 2.97. The molecule has 1 unspecified atom stereocenters. The van der Waals surface area contributed by atoms with Crippen LogP contribution in [0.15, 0.2) is 53.0 Å². The van der Waals surface area contributed by atoms with Crippen LogP contribution in [0.5, 0.6) is 0 Å². The third-order valence-corrected chi connectivity index (χ3v) is 3.82. The van der Waals surface area contributed by atoms with Gasteiger partial charge in [0.05, 0.1) is 12.0 Å². The fourth-order valence-electron chi connectivity index (χ4n) is 1.89. The average Bonchev–Trinajstić information content (AvgIpc) is 2.53. The zero-order valence-electron chi connectivity index (χ0n) is 11.2. The largest absolute Gasteiger partial charge is 0.390 e. The molecular weight excluding hydrogens is 354 g/mol. The molecule has 0 aliphatic heterocycles. The molecule has 2 aromatic carbocycles. The Kier molecular flexibility index (Phi) is 5.79. The van der Waals surface area contributed by atoms with Gasteiger partial charge in [-0.15, -0.1) is 11.6 Å². The van der Waals surface area contributed by atoms with E-state index in [4.69, 9.17) is 11.6 Å². The Morgan fingerprint density at radius 1 is 1.24 bits per heavy atom. The van der Waals surface area contributed by atoms with E-state index in [0.29, 0.717) is 23.4 Å². The molecule has 0 aromatic heterocycles. The van der Waals surface area contributed by atoms with Crippen molar-refractivity contribution in [2.45, 2.75) is 6.10 Å². The molecule has 0 aliphatic rings. The van der Waals surface area contributed by atoms with Crippen LogP contribution in [0.4, 0.5) is 5.69 Å². The number of halogens is 2. The number of hydrogen-bond donors (Lipinski definition) is 2. The van der Waals surface area contributed by atoms with Crippen LogP contribution in [-0.2, 0) is 0 Å². The topological polar surface area (TPSA) is 49.3 Å². The number of benzene rings is 2. The average molecular weight is 369 g/mol. The summed E-state index contributed by atoms with van der Waals surface area (Å²) in [5.74, 6) is 0.0747. The Morgan fingerprint density at radius 3 is 2.62 bits per heavy atom. The number of carbonyl (C=O) groups excluding carboxylic acids is 1. The van der Waals surface area contributed by atoms with Crippen LogP contribution >= 0.6 is 27.5 Å². The molecule has 0 radical (unpaired) electrons. The number of aliphatic hydroxyl groups excluding tert-OH is 1. The van der Waals surface area contributed by atoms with Crippen molar-refractivity contribution in [1.29, 1.82) is 0 Å². The first-order chi connectivity index (χ1) is 10.1. The molecule has 0 saturated carbocycles. The SMILES string of the molecule is O=C(c1ccccc1)c1cc(Br)ccc1NCC(O)CCl. The number of nitrogens with one attached hydrogen (secondary N) is 1. The Hall–Kier alpha value is -1.36. The van der Waals surface area contributed by atoms with E-state index >= 15 is 0 Å². The predicted molar refractivity (Wildman–Crippen MR) is 89.2 cm³/mol. The summed E-state index contributed by atoms with van der Waals surface area (Å²) >= 11 is 8.96. The molecule has 0 bridgehead atoms. The van der Waals surface area contributed by atoms with Gasteiger partial charge in [0.15, 0.2) is 5.78 Å². The molecule has 21 heavy (non-hydrogen) atoms. The number of ketones is 1. The van der Waals surface area contributed by atoms with Gasteiger partial charge in [-0.05, 0) is 18.2 Å².